The Morgan fingerprint density at radius 1 is 1.18 bits per heavy atom. The van der Waals surface area contributed by atoms with Crippen LogP contribution in [0.2, 0.25) is 0 Å². The molecule has 0 aliphatic heterocycles. The molecule has 4 aliphatic rings. The Kier molecular flexibility index (Phi) is 3.05. The van der Waals surface area contributed by atoms with E-state index in [1.807, 2.05) is 6.08 Å². The van der Waals surface area contributed by atoms with Crippen molar-refractivity contribution in [3.05, 3.63) is 23.3 Å². The third-order valence-electron chi connectivity index (χ3n) is 7.43. The Labute approximate surface area is 133 Å². The van der Waals surface area contributed by atoms with E-state index in [9.17, 15) is 9.59 Å². The molecule has 0 aromatic heterocycles. The number of Topliss-reactive ketones (excluding diaryl/α,β-unsaturated/α-hetero) is 1. The van der Waals surface area contributed by atoms with Gasteiger partial charge in [-0.25, -0.2) is 0 Å². The number of allylic oxidation sites excluding steroid dienone is 4. The summed E-state index contributed by atoms with van der Waals surface area (Å²) in [6, 6.07) is 0. The Hall–Kier alpha value is -1.18. The van der Waals surface area contributed by atoms with Gasteiger partial charge in [-0.2, -0.15) is 0 Å². The molecule has 4 rings (SSSR count). The first-order valence-electron chi connectivity index (χ1n) is 8.99. The number of fused-ring (bicyclic) bond motifs is 5. The fourth-order valence-corrected chi connectivity index (χ4v) is 6.07. The molecule has 0 amide bonds. The predicted molar refractivity (Wildman–Crippen MR) is 86.3 cm³/mol. The van der Waals surface area contributed by atoms with Crippen molar-refractivity contribution in [2.45, 2.75) is 65.2 Å². The summed E-state index contributed by atoms with van der Waals surface area (Å²) >= 11 is 0. The van der Waals surface area contributed by atoms with Crippen LogP contribution in [0.3, 0.4) is 0 Å². The summed E-state index contributed by atoms with van der Waals surface area (Å²) in [6.45, 7) is 4.54. The van der Waals surface area contributed by atoms with Crippen LogP contribution in [-0.4, -0.2) is 11.6 Å². The van der Waals surface area contributed by atoms with E-state index >= 15 is 0 Å². The maximum Gasteiger partial charge on any atom is 0.155 e. The van der Waals surface area contributed by atoms with E-state index in [4.69, 9.17) is 0 Å². The van der Waals surface area contributed by atoms with E-state index in [2.05, 4.69) is 19.9 Å². The fraction of sp³-hybridized carbons (Fsp3) is 0.700. The monoisotopic (exact) mass is 298 g/mol. The van der Waals surface area contributed by atoms with E-state index in [-0.39, 0.29) is 10.8 Å². The molecule has 0 unspecified atom stereocenters. The van der Waals surface area contributed by atoms with Crippen LogP contribution < -0.4 is 0 Å². The predicted octanol–water partition coefficient (Wildman–Crippen LogP) is 4.40. The van der Waals surface area contributed by atoms with Crippen LogP contribution in [0.1, 0.15) is 65.2 Å². The lowest BCUT2D eigenvalue weighted by Crippen LogP contribution is -2.45. The van der Waals surface area contributed by atoms with Crippen LogP contribution in [0.15, 0.2) is 23.3 Å². The lowest BCUT2D eigenvalue weighted by Gasteiger charge is -2.52. The van der Waals surface area contributed by atoms with Gasteiger partial charge < -0.3 is 0 Å². The van der Waals surface area contributed by atoms with Crippen molar-refractivity contribution >= 4 is 11.6 Å². The number of carbonyl (C=O) groups excluding carboxylic acids is 2. The maximum atomic E-state index is 12.6. The molecule has 0 spiro atoms. The van der Waals surface area contributed by atoms with Crippen LogP contribution in [-0.2, 0) is 9.59 Å². The van der Waals surface area contributed by atoms with E-state index in [0.717, 1.165) is 44.9 Å². The Morgan fingerprint density at radius 2 is 2.00 bits per heavy atom. The molecule has 22 heavy (non-hydrogen) atoms. The second-order valence-electron chi connectivity index (χ2n) is 8.05. The van der Waals surface area contributed by atoms with Crippen molar-refractivity contribution in [3.63, 3.8) is 0 Å². The molecule has 2 heteroatoms. The average Bonchev–Trinajstić information content (AvgIpc) is 2.86. The molecule has 0 saturated heterocycles. The molecule has 0 radical (unpaired) electrons. The molecule has 118 valence electrons. The molecule has 4 atom stereocenters. The van der Waals surface area contributed by atoms with Crippen molar-refractivity contribution in [2.75, 3.05) is 0 Å². The number of hydrogen-bond donors (Lipinski definition) is 0. The van der Waals surface area contributed by atoms with Gasteiger partial charge in [0.05, 0.1) is 0 Å². The minimum absolute atomic E-state index is 0.0593. The van der Waals surface area contributed by atoms with Gasteiger partial charge in [0.1, 0.15) is 5.78 Å². The molecule has 0 bridgehead atoms. The van der Waals surface area contributed by atoms with Gasteiger partial charge in [-0.3, -0.25) is 9.59 Å². The van der Waals surface area contributed by atoms with E-state index in [1.165, 1.54) is 5.57 Å². The zero-order valence-corrected chi connectivity index (χ0v) is 13.8. The molecule has 0 heterocycles. The molecule has 2 nitrogen and oxygen atoms in total. The summed E-state index contributed by atoms with van der Waals surface area (Å²) in [6.07, 6.45) is 12.0. The number of hydrogen-bond acceptors (Lipinski definition) is 2. The second-order valence-corrected chi connectivity index (χ2v) is 8.05. The van der Waals surface area contributed by atoms with Gasteiger partial charge in [0.25, 0.3) is 0 Å². The zero-order valence-electron chi connectivity index (χ0n) is 13.8. The number of ketones is 2. The molecular weight excluding hydrogens is 272 g/mol. The van der Waals surface area contributed by atoms with E-state index in [0.29, 0.717) is 29.8 Å². The molecule has 2 saturated carbocycles. The van der Waals surface area contributed by atoms with Crippen LogP contribution in [0, 0.1) is 22.7 Å². The van der Waals surface area contributed by atoms with Gasteiger partial charge in [0.15, 0.2) is 5.78 Å². The van der Waals surface area contributed by atoms with Gasteiger partial charge >= 0.3 is 0 Å². The summed E-state index contributed by atoms with van der Waals surface area (Å²) in [7, 11) is 0. The third-order valence-corrected chi connectivity index (χ3v) is 7.43. The van der Waals surface area contributed by atoms with Crippen molar-refractivity contribution in [3.8, 4) is 0 Å². The van der Waals surface area contributed by atoms with Crippen molar-refractivity contribution in [2.24, 2.45) is 22.7 Å². The summed E-state index contributed by atoms with van der Waals surface area (Å²) in [5.41, 5.74) is 2.97. The number of carbonyl (C=O) groups is 2. The maximum absolute atomic E-state index is 12.6. The van der Waals surface area contributed by atoms with E-state index in [1.54, 1.807) is 5.57 Å². The Morgan fingerprint density at radius 3 is 2.77 bits per heavy atom. The fourth-order valence-electron chi connectivity index (χ4n) is 6.07. The largest absolute Gasteiger partial charge is 0.299 e. The van der Waals surface area contributed by atoms with Gasteiger partial charge in [0, 0.05) is 23.7 Å². The smallest absolute Gasteiger partial charge is 0.155 e. The van der Waals surface area contributed by atoms with Gasteiger partial charge in [-0.15, -0.1) is 0 Å². The summed E-state index contributed by atoms with van der Waals surface area (Å²) in [4.78, 5) is 24.4. The van der Waals surface area contributed by atoms with E-state index < -0.39 is 0 Å². The van der Waals surface area contributed by atoms with Gasteiger partial charge in [-0.1, -0.05) is 31.1 Å². The van der Waals surface area contributed by atoms with Crippen LogP contribution >= 0.6 is 0 Å². The molecule has 0 aromatic carbocycles. The van der Waals surface area contributed by atoms with Gasteiger partial charge in [0.2, 0.25) is 0 Å². The highest BCUT2D eigenvalue weighted by atomic mass is 16.1. The van der Waals surface area contributed by atoms with Crippen LogP contribution in [0.5, 0.6) is 0 Å². The van der Waals surface area contributed by atoms with Crippen LogP contribution in [0.25, 0.3) is 0 Å². The molecular formula is C20H26O2. The van der Waals surface area contributed by atoms with Crippen LogP contribution in [0.4, 0.5) is 0 Å². The minimum Gasteiger partial charge on any atom is -0.299 e. The van der Waals surface area contributed by atoms with Crippen molar-refractivity contribution in [1.82, 2.24) is 0 Å². The molecule has 4 aliphatic carbocycles. The molecule has 0 aromatic rings. The Balaban J connectivity index is 1.78. The average molecular weight is 298 g/mol. The summed E-state index contributed by atoms with van der Waals surface area (Å²) < 4.78 is 0. The zero-order chi connectivity index (χ0) is 15.5. The first-order chi connectivity index (χ1) is 10.5. The first-order valence-corrected chi connectivity index (χ1v) is 8.99. The van der Waals surface area contributed by atoms with Gasteiger partial charge in [-0.05, 0) is 56.4 Å². The molecule has 0 N–H and O–H groups in total. The van der Waals surface area contributed by atoms with Crippen molar-refractivity contribution < 1.29 is 9.59 Å². The lowest BCUT2D eigenvalue weighted by atomic mass is 9.51. The highest BCUT2D eigenvalue weighted by Crippen LogP contribution is 2.62. The topological polar surface area (TPSA) is 34.1 Å². The molecule has 2 fully saturated rings. The highest BCUT2D eigenvalue weighted by molar-refractivity contribution is 5.92. The minimum atomic E-state index is -0.0593. The first kappa shape index (κ1) is 14.4. The second kappa shape index (κ2) is 4.66. The third kappa shape index (κ3) is 1.67. The quantitative estimate of drug-likeness (QED) is 0.672. The SMILES string of the molecule is CC[C@]12CC=C3[C@@H](CCC4=CC(=O)CC[C@@]43C)[C@@H]1CCC2=O. The van der Waals surface area contributed by atoms with Crippen molar-refractivity contribution in [1.29, 1.82) is 0 Å². The standard InChI is InChI=1S/C20H26O2/c1-3-20-11-9-16-15(17(20)6-7-18(20)22)5-4-13-12-14(21)8-10-19(13,16)2/h9,12,15,17H,3-8,10-11H2,1-2H3/t15-,17+,19+,20+/m1/s1. The highest BCUT2D eigenvalue weighted by Gasteiger charge is 2.56. The normalized spacial score (nSPS) is 43.9. The summed E-state index contributed by atoms with van der Waals surface area (Å²) in [5.74, 6) is 1.96. The lowest BCUT2D eigenvalue weighted by molar-refractivity contribution is -0.128. The number of rotatable bonds is 1. The Bertz CT molecular complexity index is 611. The summed E-state index contributed by atoms with van der Waals surface area (Å²) in [5, 5.41) is 0.